The molecule has 7 rings (SSSR count). The Kier molecular flexibility index (Phi) is 5.44. The summed E-state index contributed by atoms with van der Waals surface area (Å²) in [5.74, 6) is -0.104. The number of carbonyl (C=O) groups excluding carboxylic acids is 1. The Morgan fingerprint density at radius 1 is 0.897 bits per heavy atom. The number of anilines is 1. The molecule has 7 aromatic rings. The highest BCUT2D eigenvalue weighted by atomic mass is 16.3. The number of rotatable bonds is 6. The normalized spacial score (nSPS) is 11.3. The van der Waals surface area contributed by atoms with E-state index in [2.05, 4.69) is 41.5 Å². The molecule has 188 valence electrons. The van der Waals surface area contributed by atoms with Crippen LogP contribution in [0.15, 0.2) is 102 Å². The molecule has 9 nitrogen and oxygen atoms in total. The molecule has 0 aliphatic rings. The third kappa shape index (κ3) is 4.31. The van der Waals surface area contributed by atoms with Crippen molar-refractivity contribution in [3.05, 3.63) is 104 Å². The van der Waals surface area contributed by atoms with E-state index in [-0.39, 0.29) is 5.91 Å². The number of furan rings is 1. The Labute approximate surface area is 222 Å². The minimum Gasteiger partial charge on any atom is -0.472 e. The summed E-state index contributed by atoms with van der Waals surface area (Å²) in [5.41, 5.74) is 8.25. The Bertz CT molecular complexity index is 1940. The van der Waals surface area contributed by atoms with Gasteiger partial charge in [0.1, 0.15) is 5.65 Å². The highest BCUT2D eigenvalue weighted by Crippen LogP contribution is 2.34. The maximum atomic E-state index is 12.6. The van der Waals surface area contributed by atoms with Crippen molar-refractivity contribution in [3.8, 4) is 33.6 Å². The Morgan fingerprint density at radius 2 is 1.79 bits per heavy atom. The molecule has 0 saturated heterocycles. The highest BCUT2D eigenvalue weighted by Gasteiger charge is 2.16. The van der Waals surface area contributed by atoms with E-state index < -0.39 is 0 Å². The molecule has 6 heterocycles. The monoisotopic (exact) mass is 511 g/mol. The molecule has 0 saturated carbocycles. The molecule has 0 unspecified atom stereocenters. The molecule has 1 aromatic carbocycles. The summed E-state index contributed by atoms with van der Waals surface area (Å²) in [7, 11) is 0. The summed E-state index contributed by atoms with van der Waals surface area (Å²) in [6, 6.07) is 19.5. The average Bonchev–Trinajstić information content (AvgIpc) is 3.73. The van der Waals surface area contributed by atoms with Crippen molar-refractivity contribution in [2.24, 2.45) is 0 Å². The number of nitrogens with zero attached hydrogens (tertiary/aromatic N) is 4. The number of hydrogen-bond acceptors (Lipinski definition) is 6. The molecule has 0 atom stereocenters. The lowest BCUT2D eigenvalue weighted by Crippen LogP contribution is -2.14. The van der Waals surface area contributed by atoms with Gasteiger partial charge in [0.2, 0.25) is 5.91 Å². The van der Waals surface area contributed by atoms with Gasteiger partial charge in [-0.05, 0) is 41.5 Å². The Balaban J connectivity index is 1.21. The molecule has 0 bridgehead atoms. The number of hydrogen-bond donors (Lipinski definition) is 3. The van der Waals surface area contributed by atoms with Gasteiger partial charge in [-0.15, -0.1) is 0 Å². The van der Waals surface area contributed by atoms with E-state index in [9.17, 15) is 4.79 Å². The fourth-order valence-corrected chi connectivity index (χ4v) is 4.75. The first-order valence-corrected chi connectivity index (χ1v) is 12.4. The first-order chi connectivity index (χ1) is 19.2. The van der Waals surface area contributed by atoms with Gasteiger partial charge in [-0.2, -0.15) is 5.10 Å². The molecule has 3 N–H and O–H groups in total. The molecule has 0 aliphatic carbocycles. The van der Waals surface area contributed by atoms with Crippen LogP contribution in [0.3, 0.4) is 0 Å². The van der Waals surface area contributed by atoms with Gasteiger partial charge in [0, 0.05) is 46.1 Å². The van der Waals surface area contributed by atoms with Crippen molar-refractivity contribution in [1.82, 2.24) is 30.1 Å². The zero-order valence-corrected chi connectivity index (χ0v) is 20.6. The smallest absolute Gasteiger partial charge is 0.228 e. The third-order valence-corrected chi connectivity index (χ3v) is 6.61. The average molecular weight is 512 g/mol. The maximum Gasteiger partial charge on any atom is 0.228 e. The van der Waals surface area contributed by atoms with Gasteiger partial charge in [-0.25, -0.2) is 9.97 Å². The molecule has 0 spiro atoms. The zero-order chi connectivity index (χ0) is 26.2. The summed E-state index contributed by atoms with van der Waals surface area (Å²) in [5, 5.41) is 12.3. The number of H-pyrrole nitrogens is 2. The van der Waals surface area contributed by atoms with Crippen molar-refractivity contribution in [3.63, 3.8) is 0 Å². The van der Waals surface area contributed by atoms with E-state index in [0.717, 1.165) is 55.6 Å². The van der Waals surface area contributed by atoms with Crippen LogP contribution >= 0.6 is 0 Å². The number of aromatic amines is 2. The van der Waals surface area contributed by atoms with Crippen molar-refractivity contribution in [2.75, 3.05) is 5.32 Å². The predicted molar refractivity (Wildman–Crippen MR) is 149 cm³/mol. The summed E-state index contributed by atoms with van der Waals surface area (Å²) in [4.78, 5) is 29.4. The van der Waals surface area contributed by atoms with Crippen molar-refractivity contribution >= 4 is 33.7 Å². The van der Waals surface area contributed by atoms with Gasteiger partial charge in [0.15, 0.2) is 5.65 Å². The van der Waals surface area contributed by atoms with E-state index >= 15 is 0 Å². The van der Waals surface area contributed by atoms with Gasteiger partial charge in [0.25, 0.3) is 0 Å². The first-order valence-electron chi connectivity index (χ1n) is 12.4. The van der Waals surface area contributed by atoms with Crippen LogP contribution < -0.4 is 5.32 Å². The molecule has 1 amide bonds. The highest BCUT2D eigenvalue weighted by molar-refractivity contribution is 6.00. The molecule has 39 heavy (non-hydrogen) atoms. The van der Waals surface area contributed by atoms with E-state index in [1.54, 1.807) is 37.3 Å². The van der Waals surface area contributed by atoms with Gasteiger partial charge in [0.05, 0.1) is 42.2 Å². The second-order valence-electron chi connectivity index (χ2n) is 9.18. The first kappa shape index (κ1) is 22.6. The summed E-state index contributed by atoms with van der Waals surface area (Å²) < 4.78 is 5.28. The van der Waals surface area contributed by atoms with Crippen molar-refractivity contribution in [1.29, 1.82) is 0 Å². The van der Waals surface area contributed by atoms with E-state index in [4.69, 9.17) is 4.42 Å². The van der Waals surface area contributed by atoms with Crippen LogP contribution in [-0.2, 0) is 11.2 Å². The topological polar surface area (TPSA) is 125 Å². The lowest BCUT2D eigenvalue weighted by Gasteiger charge is -2.07. The SMILES string of the molecule is O=C(Cc1ccccc1)Nc1cncc(-c2cnc3n[nH]c(-c4cc5c(-c6ccoc6)ccnc5[nH]4)c3c2)c1. The lowest BCUT2D eigenvalue weighted by molar-refractivity contribution is -0.115. The van der Waals surface area contributed by atoms with Gasteiger partial charge < -0.3 is 14.7 Å². The van der Waals surface area contributed by atoms with E-state index in [1.165, 1.54) is 0 Å². The molecule has 6 aromatic heterocycles. The summed E-state index contributed by atoms with van der Waals surface area (Å²) >= 11 is 0. The van der Waals surface area contributed by atoms with Crippen LogP contribution in [-0.4, -0.2) is 36.0 Å². The number of fused-ring (bicyclic) bond motifs is 2. The Hall–Kier alpha value is -5.57. The van der Waals surface area contributed by atoms with Crippen molar-refractivity contribution < 1.29 is 9.21 Å². The predicted octanol–water partition coefficient (Wildman–Crippen LogP) is 6.00. The third-order valence-electron chi connectivity index (χ3n) is 6.61. The quantitative estimate of drug-likeness (QED) is 0.251. The van der Waals surface area contributed by atoms with Gasteiger partial charge in [-0.3, -0.25) is 14.9 Å². The van der Waals surface area contributed by atoms with Gasteiger partial charge >= 0.3 is 0 Å². The second kappa shape index (κ2) is 9.38. The molecule has 0 fully saturated rings. The maximum absolute atomic E-state index is 12.6. The fraction of sp³-hybridized carbons (Fsp3) is 0.0333. The Morgan fingerprint density at radius 3 is 2.67 bits per heavy atom. The second-order valence-corrected chi connectivity index (χ2v) is 9.18. The molecule has 9 heteroatoms. The van der Waals surface area contributed by atoms with E-state index in [0.29, 0.717) is 17.8 Å². The number of nitrogens with one attached hydrogen (secondary N) is 3. The molecule has 0 radical (unpaired) electrons. The number of carbonyl (C=O) groups is 1. The number of amides is 1. The summed E-state index contributed by atoms with van der Waals surface area (Å²) in [6.07, 6.45) is 10.6. The summed E-state index contributed by atoms with van der Waals surface area (Å²) in [6.45, 7) is 0. The number of pyridine rings is 3. The molecule has 0 aliphatic heterocycles. The minimum atomic E-state index is -0.104. The van der Waals surface area contributed by atoms with Crippen molar-refractivity contribution in [2.45, 2.75) is 6.42 Å². The molecular weight excluding hydrogens is 490 g/mol. The van der Waals surface area contributed by atoms with E-state index in [1.807, 2.05) is 54.6 Å². The number of benzene rings is 1. The van der Waals surface area contributed by atoms with Gasteiger partial charge in [-0.1, -0.05) is 30.3 Å². The largest absolute Gasteiger partial charge is 0.472 e. The molecular formula is C30H21N7O2. The van der Waals surface area contributed by atoms with Crippen LogP contribution in [0.4, 0.5) is 5.69 Å². The lowest BCUT2D eigenvalue weighted by atomic mass is 10.1. The van der Waals surface area contributed by atoms with Crippen LogP contribution in [0.5, 0.6) is 0 Å². The van der Waals surface area contributed by atoms with Crippen LogP contribution in [0.2, 0.25) is 0 Å². The number of aromatic nitrogens is 6. The standard InChI is InChI=1S/C30H21N7O2/c38-27(10-18-4-2-1-3-5-18)34-22-11-20(14-31-16-22)21-12-25-28(36-37-30(25)33-15-21)26-13-24-23(19-7-9-39-17-19)6-8-32-29(24)35-26/h1-9,11-17H,10H2,(H,32,35)(H,34,38)(H,33,36,37). The van der Waals surface area contributed by atoms with Crippen LogP contribution in [0.1, 0.15) is 5.56 Å². The van der Waals surface area contributed by atoms with Crippen LogP contribution in [0, 0.1) is 0 Å². The fourth-order valence-electron chi connectivity index (χ4n) is 4.75. The zero-order valence-electron chi connectivity index (χ0n) is 20.6. The minimum absolute atomic E-state index is 0.104. The van der Waals surface area contributed by atoms with Crippen LogP contribution in [0.25, 0.3) is 55.7 Å².